The smallest absolute Gasteiger partial charge is 0.433 e. The number of methoxy groups -OCH3 is 1. The van der Waals surface area contributed by atoms with Gasteiger partial charge in [-0.3, -0.25) is 4.99 Å². The van der Waals surface area contributed by atoms with E-state index in [0.717, 1.165) is 11.6 Å². The Morgan fingerprint density at radius 3 is 2.57 bits per heavy atom. The quantitative estimate of drug-likeness (QED) is 0.541. The minimum atomic E-state index is -4.54. The van der Waals surface area contributed by atoms with Crippen LogP contribution >= 0.6 is 0 Å². The number of alkyl halides is 3. The van der Waals surface area contributed by atoms with E-state index >= 15 is 0 Å². The lowest BCUT2D eigenvalue weighted by Crippen LogP contribution is -2.28. The zero-order chi connectivity index (χ0) is 22.2. The van der Waals surface area contributed by atoms with E-state index in [0.29, 0.717) is 22.6 Å². The van der Waals surface area contributed by atoms with E-state index in [1.807, 2.05) is 0 Å². The molecule has 0 aliphatic carbocycles. The second kappa shape index (κ2) is 7.78. The van der Waals surface area contributed by atoms with Crippen molar-refractivity contribution in [3.05, 3.63) is 77.4 Å². The number of aromatic nitrogens is 1. The molecule has 1 aliphatic heterocycles. The Kier molecular flexibility index (Phi) is 4.82. The molecular weight excluding hydrogens is 398 g/mol. The van der Waals surface area contributed by atoms with Crippen LogP contribution in [0, 0.1) is 5.82 Å². The Morgan fingerprint density at radius 1 is 1.10 bits per heavy atom. The summed E-state index contributed by atoms with van der Waals surface area (Å²) in [4.78, 5) is 9.62. The van der Waals surface area contributed by atoms with Crippen LogP contribution in [0.1, 0.15) is 18.3 Å². The summed E-state index contributed by atoms with van der Waals surface area (Å²) >= 11 is 0. The molecule has 0 saturated heterocycles. The number of anilines is 1. The lowest BCUT2D eigenvalue weighted by atomic mass is 10.00. The van der Waals surface area contributed by atoms with Crippen molar-refractivity contribution in [2.75, 3.05) is 18.7 Å². The average molecular weight is 416 g/mol. The van der Waals surface area contributed by atoms with E-state index < -0.39 is 11.9 Å². The molecule has 1 aliphatic rings. The molecule has 0 amide bonds. The highest BCUT2D eigenvalue weighted by molar-refractivity contribution is 5.94. The first-order valence-corrected chi connectivity index (χ1v) is 9.04. The summed E-state index contributed by atoms with van der Waals surface area (Å²) in [5.41, 5.74) is 1.70. The number of benzene rings is 2. The second-order valence-electron chi connectivity index (χ2n) is 6.70. The van der Waals surface area contributed by atoms with Crippen LogP contribution in [0.5, 0.6) is 5.75 Å². The number of halogens is 4. The molecule has 30 heavy (non-hydrogen) atoms. The largest absolute Gasteiger partial charge is 0.495 e. The molecule has 0 atom stereocenters. The first kappa shape index (κ1) is 18.6. The third kappa shape index (κ3) is 3.98. The zero-order valence-corrected chi connectivity index (χ0v) is 15.9. The van der Waals surface area contributed by atoms with Crippen LogP contribution in [0.15, 0.2) is 59.6 Å². The van der Waals surface area contributed by atoms with E-state index in [9.17, 15) is 17.6 Å². The maximum absolute atomic E-state index is 13.3. The van der Waals surface area contributed by atoms with Crippen molar-refractivity contribution in [2.24, 2.45) is 4.99 Å². The van der Waals surface area contributed by atoms with Crippen molar-refractivity contribution in [3.63, 3.8) is 0 Å². The van der Waals surface area contributed by atoms with Crippen LogP contribution in [0.2, 0.25) is 0 Å². The molecule has 3 aromatic rings. The minimum absolute atomic E-state index is 0.0329. The molecule has 4 rings (SSSR count). The van der Waals surface area contributed by atoms with Crippen molar-refractivity contribution in [3.8, 4) is 16.9 Å². The van der Waals surface area contributed by atoms with E-state index in [1.165, 1.54) is 31.4 Å². The van der Waals surface area contributed by atoms with Gasteiger partial charge in [0.2, 0.25) is 0 Å². The SMILES string of the molecule is [2H]C1=NCN(Cc2cccc(C(F)(F)F)n2)c2c(OC)cc(-c3ccc(F)cc3)cc21. The number of pyridine rings is 1. The Morgan fingerprint density at radius 2 is 1.87 bits per heavy atom. The third-order valence-corrected chi connectivity index (χ3v) is 4.68. The molecule has 0 fully saturated rings. The molecule has 0 unspecified atom stereocenters. The molecule has 1 aromatic heterocycles. The van der Waals surface area contributed by atoms with Crippen LogP contribution in [0.25, 0.3) is 11.1 Å². The maximum atomic E-state index is 13.3. The van der Waals surface area contributed by atoms with Crippen LogP contribution < -0.4 is 9.64 Å². The predicted molar refractivity (Wildman–Crippen MR) is 106 cm³/mol. The summed E-state index contributed by atoms with van der Waals surface area (Å²) in [7, 11) is 1.47. The van der Waals surface area contributed by atoms with Gasteiger partial charge in [-0.25, -0.2) is 9.37 Å². The molecule has 2 heterocycles. The number of ether oxygens (including phenoxy) is 1. The van der Waals surface area contributed by atoms with Gasteiger partial charge >= 0.3 is 6.18 Å². The van der Waals surface area contributed by atoms with Gasteiger partial charge in [-0.2, -0.15) is 13.2 Å². The van der Waals surface area contributed by atoms with Crippen molar-refractivity contribution in [1.82, 2.24) is 4.98 Å². The molecule has 8 heteroatoms. The van der Waals surface area contributed by atoms with Crippen molar-refractivity contribution >= 4 is 11.9 Å². The maximum Gasteiger partial charge on any atom is 0.433 e. The van der Waals surface area contributed by atoms with Crippen molar-refractivity contribution < 1.29 is 23.7 Å². The van der Waals surface area contributed by atoms with Crippen LogP contribution in [0.4, 0.5) is 23.2 Å². The molecule has 0 saturated carbocycles. The number of hydrogen-bond acceptors (Lipinski definition) is 4. The van der Waals surface area contributed by atoms with Crippen molar-refractivity contribution in [2.45, 2.75) is 12.7 Å². The summed E-state index contributed by atoms with van der Waals surface area (Å²) < 4.78 is 66.1. The van der Waals surface area contributed by atoms with Crippen LogP contribution in [0.3, 0.4) is 0 Å². The van der Waals surface area contributed by atoms with Gasteiger partial charge in [0.05, 0.1) is 26.4 Å². The molecule has 0 spiro atoms. The second-order valence-corrected chi connectivity index (χ2v) is 6.70. The summed E-state index contributed by atoms with van der Waals surface area (Å²) in [6.45, 7) is 0.135. The minimum Gasteiger partial charge on any atom is -0.495 e. The summed E-state index contributed by atoms with van der Waals surface area (Å²) in [5.74, 6) is 0.0691. The van der Waals surface area contributed by atoms with Crippen molar-refractivity contribution in [1.29, 1.82) is 0 Å². The normalized spacial score (nSPS) is 14.1. The van der Waals surface area contributed by atoms with Gasteiger partial charge in [0, 0.05) is 11.8 Å². The number of nitrogens with zero attached hydrogens (tertiary/aromatic N) is 3. The highest BCUT2D eigenvalue weighted by Gasteiger charge is 2.32. The topological polar surface area (TPSA) is 37.7 Å². The summed E-state index contributed by atoms with van der Waals surface area (Å²) in [6.07, 6.45) is -4.50. The summed E-state index contributed by atoms with van der Waals surface area (Å²) in [5, 5.41) is 0. The molecular formula is C22H17F4N3O. The van der Waals surface area contributed by atoms with Gasteiger partial charge in [-0.05, 0) is 47.5 Å². The van der Waals surface area contributed by atoms with E-state index in [4.69, 9.17) is 6.11 Å². The van der Waals surface area contributed by atoms with E-state index in [-0.39, 0.29) is 30.9 Å². The lowest BCUT2D eigenvalue weighted by molar-refractivity contribution is -0.141. The monoisotopic (exact) mass is 416 g/mol. The first-order chi connectivity index (χ1) is 14.8. The fourth-order valence-electron chi connectivity index (χ4n) is 3.31. The molecule has 0 N–H and O–H groups in total. The molecule has 2 aromatic carbocycles. The Hall–Kier alpha value is -3.42. The van der Waals surface area contributed by atoms with Gasteiger partial charge in [0.1, 0.15) is 23.9 Å². The van der Waals surface area contributed by atoms with Crippen LogP contribution in [-0.2, 0) is 12.7 Å². The number of hydrogen-bond donors (Lipinski definition) is 0. The van der Waals surface area contributed by atoms with Gasteiger partial charge in [0.25, 0.3) is 0 Å². The van der Waals surface area contributed by atoms with E-state index in [2.05, 4.69) is 9.98 Å². The van der Waals surface area contributed by atoms with Gasteiger partial charge in [-0.15, -0.1) is 0 Å². The highest BCUT2D eigenvalue weighted by atomic mass is 19.4. The number of aliphatic imine (C=N–C) groups is 1. The number of rotatable bonds is 4. The lowest BCUT2D eigenvalue weighted by Gasteiger charge is -2.29. The van der Waals surface area contributed by atoms with Gasteiger partial charge in [-0.1, -0.05) is 18.2 Å². The van der Waals surface area contributed by atoms with Gasteiger partial charge in [0.15, 0.2) is 0 Å². The molecule has 0 bridgehead atoms. The first-order valence-electron chi connectivity index (χ1n) is 9.54. The standard InChI is InChI=1S/C22H17F4N3O/c1-30-19-10-15(14-5-7-17(23)8-6-14)9-16-11-27-13-29(21(16)19)12-18-3-2-4-20(28-18)22(24,25)26/h2-11H,12-13H2,1H3/i11D. The van der Waals surface area contributed by atoms with Crippen LogP contribution in [-0.4, -0.2) is 25.0 Å². The van der Waals surface area contributed by atoms with Gasteiger partial charge < -0.3 is 9.64 Å². The Labute approximate surface area is 171 Å². The predicted octanol–water partition coefficient (Wildman–Crippen LogP) is 5.31. The molecule has 154 valence electrons. The Bertz CT molecular complexity index is 1150. The summed E-state index contributed by atoms with van der Waals surface area (Å²) in [6, 6.07) is 13.1. The molecule has 4 nitrogen and oxygen atoms in total. The van der Waals surface area contributed by atoms with E-state index in [1.54, 1.807) is 29.2 Å². The molecule has 0 radical (unpaired) electrons. The Balaban J connectivity index is 1.74. The number of fused-ring (bicyclic) bond motifs is 1. The zero-order valence-electron chi connectivity index (χ0n) is 16.9. The average Bonchev–Trinajstić information content (AvgIpc) is 2.75. The highest BCUT2D eigenvalue weighted by Crippen LogP contribution is 2.38. The fourth-order valence-corrected chi connectivity index (χ4v) is 3.31. The third-order valence-electron chi connectivity index (χ3n) is 4.68. The fraction of sp³-hybridized carbons (Fsp3) is 0.182.